The summed E-state index contributed by atoms with van der Waals surface area (Å²) in [5, 5.41) is 82.8. The van der Waals surface area contributed by atoms with Crippen LogP contribution in [0.25, 0.3) is 0 Å². The minimum atomic E-state index is -0.922. The third-order valence-corrected chi connectivity index (χ3v) is 8.88. The number of oxime groups is 4. The molecular weight excluding hydrogens is 662 g/mol. The van der Waals surface area contributed by atoms with E-state index in [-0.39, 0.29) is 42.5 Å². The van der Waals surface area contributed by atoms with E-state index in [2.05, 4.69) is 53.8 Å². The molecule has 17 heteroatoms. The lowest BCUT2D eigenvalue weighted by Crippen LogP contribution is -2.57. The van der Waals surface area contributed by atoms with Crippen molar-refractivity contribution in [1.82, 2.24) is 26.6 Å². The highest BCUT2D eigenvalue weighted by atomic mass is 16.4. The lowest BCUT2D eigenvalue weighted by Gasteiger charge is -2.32. The maximum Gasteiger partial charge on any atom is 0.303 e. The molecule has 1 amide bonds. The zero-order chi connectivity index (χ0) is 40.1. The zero-order valence-corrected chi connectivity index (χ0v) is 32.6. The molecule has 0 atom stereocenters. The molecule has 0 aliphatic heterocycles. The molecular formula is C34H67N9O8. The Labute approximate surface area is 303 Å². The molecule has 11 N–H and O–H groups in total. The summed E-state index contributed by atoms with van der Waals surface area (Å²) in [4.78, 5) is 22.9. The van der Waals surface area contributed by atoms with Crippen LogP contribution in [0.4, 0.5) is 0 Å². The fourth-order valence-electron chi connectivity index (χ4n) is 4.15. The van der Waals surface area contributed by atoms with Gasteiger partial charge < -0.3 is 57.6 Å². The minimum Gasteiger partial charge on any atom is -0.513 e. The van der Waals surface area contributed by atoms with Gasteiger partial charge in [0, 0.05) is 32.4 Å². The molecule has 0 heterocycles. The molecule has 0 radical (unpaired) electrons. The Morgan fingerprint density at radius 3 is 1.37 bits per heavy atom. The molecule has 0 saturated carbocycles. The first-order chi connectivity index (χ1) is 23.4. The van der Waals surface area contributed by atoms with E-state index in [1.807, 2.05) is 55.4 Å². The van der Waals surface area contributed by atoms with E-state index in [0.29, 0.717) is 61.9 Å². The van der Waals surface area contributed by atoms with Gasteiger partial charge in [-0.1, -0.05) is 27.2 Å². The van der Waals surface area contributed by atoms with Gasteiger partial charge in [-0.05, 0) is 102 Å². The summed E-state index contributed by atoms with van der Waals surface area (Å²) in [6, 6.07) is -0.263. The number of carbonyl (C=O) groups excluding carboxylic acids is 1. The van der Waals surface area contributed by atoms with Crippen molar-refractivity contribution in [1.29, 1.82) is 0 Å². The van der Waals surface area contributed by atoms with E-state index in [9.17, 15) is 9.59 Å². The van der Waals surface area contributed by atoms with Crippen molar-refractivity contribution in [3.8, 4) is 0 Å². The fraction of sp³-hybridized carbons (Fsp3) is 0.765. The number of rotatable bonds is 24. The van der Waals surface area contributed by atoms with Crippen LogP contribution in [0.5, 0.6) is 0 Å². The van der Waals surface area contributed by atoms with Crippen molar-refractivity contribution in [2.75, 3.05) is 26.2 Å². The number of nitrogens with one attached hydrogen (secondary N) is 5. The summed E-state index contributed by atoms with van der Waals surface area (Å²) < 4.78 is 0. The first kappa shape index (κ1) is 49.3. The number of aliphatic carboxylic acids is 1. The maximum atomic E-state index is 12.3. The molecule has 0 spiro atoms. The predicted octanol–water partition coefficient (Wildman–Crippen LogP) is 3.81. The van der Waals surface area contributed by atoms with Gasteiger partial charge in [0.1, 0.15) is 0 Å². The Kier molecular flexibility index (Phi) is 22.8. The maximum absolute atomic E-state index is 12.3. The topological polar surface area (TPSA) is 265 Å². The Morgan fingerprint density at radius 1 is 0.588 bits per heavy atom. The summed E-state index contributed by atoms with van der Waals surface area (Å²) in [5.74, 6) is -0.992. The monoisotopic (exact) mass is 730 g/mol. The van der Waals surface area contributed by atoms with Gasteiger partial charge in [0.15, 0.2) is 0 Å². The molecule has 0 aromatic carbocycles. The number of amides is 1. The van der Waals surface area contributed by atoms with E-state index < -0.39 is 22.6 Å². The van der Waals surface area contributed by atoms with Crippen LogP contribution in [0.2, 0.25) is 0 Å². The van der Waals surface area contributed by atoms with E-state index in [1.54, 1.807) is 20.8 Å². The highest BCUT2D eigenvalue weighted by molar-refractivity contribution is 5.94. The molecule has 0 saturated heterocycles. The smallest absolute Gasteiger partial charge is 0.303 e. The Balaban J connectivity index is 0. The molecule has 296 valence electrons. The summed E-state index contributed by atoms with van der Waals surface area (Å²) in [6.07, 6.45) is 2.11. The van der Waals surface area contributed by atoms with Gasteiger partial charge in [-0.2, -0.15) is 0 Å². The normalized spacial score (nSPS) is 13.9. The third-order valence-electron chi connectivity index (χ3n) is 8.88. The molecule has 17 nitrogen and oxygen atoms in total. The molecule has 0 aromatic rings. The number of hydrogen-bond acceptors (Lipinski definition) is 15. The quantitative estimate of drug-likeness (QED) is 0.0223. The van der Waals surface area contributed by atoms with E-state index in [4.69, 9.17) is 31.0 Å². The summed E-state index contributed by atoms with van der Waals surface area (Å²) >= 11 is 0. The van der Waals surface area contributed by atoms with Crippen LogP contribution in [-0.2, 0) is 9.59 Å². The van der Waals surface area contributed by atoms with E-state index in [1.165, 1.54) is 0 Å². The van der Waals surface area contributed by atoms with Crippen LogP contribution in [-0.4, -0.2) is 120 Å². The van der Waals surface area contributed by atoms with Crippen molar-refractivity contribution in [2.45, 2.75) is 143 Å². The van der Waals surface area contributed by atoms with Gasteiger partial charge in [-0.15, -0.1) is 0 Å². The van der Waals surface area contributed by atoms with Crippen molar-refractivity contribution < 1.29 is 40.6 Å². The standard InChI is InChI=1S/C19H37N5O4.C15H30N4O4/c1-13(25)9-8-10-17(26)22-16(11-20-18(4,5)14(2)23-27)12-21-19(6,7)15(3)24-28;1-11(18-22)14(2,3)16-9-6-10-17-15(4,5)12(19-23)7-8-13(20)21/h16,20-21,25,27-28H,1,8-12H2,2-7H3,(H,22,26);16-17,22-23H,6-10H2,1-5H3,(H,20,21)/b23-14+,24-15+;18-11+,19-12+. The Bertz CT molecular complexity index is 1180. The SMILES string of the molecule is C/C(=N\O)C(C)(C)NCCCNC(C)(C)/C(CCC(=O)O)=N/O.C=C(O)CCCC(=O)NC(CNC(C)(C)/C(C)=N/O)CNC(C)(C)/C(C)=N/O. The minimum absolute atomic E-state index is 0.0636. The van der Waals surface area contributed by atoms with Crippen molar-refractivity contribution in [2.24, 2.45) is 20.6 Å². The number of carboxylic acid groups (broad SMARTS) is 1. The van der Waals surface area contributed by atoms with Crippen molar-refractivity contribution in [3.63, 3.8) is 0 Å². The third kappa shape index (κ3) is 21.2. The number of carbonyl (C=O) groups is 2. The second kappa shape index (κ2) is 23.6. The lowest BCUT2D eigenvalue weighted by molar-refractivity contribution is -0.136. The molecule has 0 aliphatic carbocycles. The van der Waals surface area contributed by atoms with Crippen LogP contribution in [0, 0.1) is 0 Å². The summed E-state index contributed by atoms with van der Waals surface area (Å²) in [7, 11) is 0. The van der Waals surface area contributed by atoms with Crippen LogP contribution >= 0.6 is 0 Å². The summed E-state index contributed by atoms with van der Waals surface area (Å²) in [6.45, 7) is 25.9. The average Bonchev–Trinajstić information content (AvgIpc) is 3.04. The highest BCUT2D eigenvalue weighted by Crippen LogP contribution is 2.12. The van der Waals surface area contributed by atoms with Gasteiger partial charge in [0.05, 0.1) is 63.2 Å². The number of carboxylic acids is 1. The van der Waals surface area contributed by atoms with Gasteiger partial charge in [-0.3, -0.25) is 9.59 Å². The largest absolute Gasteiger partial charge is 0.513 e. The molecule has 0 fully saturated rings. The number of aliphatic hydroxyl groups excluding tert-OH is 1. The molecule has 0 bridgehead atoms. The van der Waals surface area contributed by atoms with Gasteiger partial charge in [0.2, 0.25) is 5.91 Å². The Morgan fingerprint density at radius 2 is 1.00 bits per heavy atom. The molecule has 0 aliphatic rings. The second-order valence-corrected chi connectivity index (χ2v) is 14.6. The highest BCUT2D eigenvalue weighted by Gasteiger charge is 2.28. The first-order valence-corrected chi connectivity index (χ1v) is 17.1. The number of nitrogens with zero attached hydrogens (tertiary/aromatic N) is 4. The second-order valence-electron chi connectivity index (χ2n) is 14.6. The average molecular weight is 730 g/mol. The number of allylic oxidation sites excluding steroid dienone is 1. The van der Waals surface area contributed by atoms with Crippen LogP contribution < -0.4 is 26.6 Å². The fourth-order valence-corrected chi connectivity index (χ4v) is 4.15. The lowest BCUT2D eigenvalue weighted by atomic mass is 9.94. The molecule has 0 unspecified atom stereocenters. The van der Waals surface area contributed by atoms with E-state index in [0.717, 1.165) is 6.42 Å². The van der Waals surface area contributed by atoms with Gasteiger partial charge in [0.25, 0.3) is 0 Å². The molecule has 0 rings (SSSR count). The van der Waals surface area contributed by atoms with Gasteiger partial charge >= 0.3 is 5.97 Å². The number of hydrogen-bond donors (Lipinski definition) is 11. The molecule has 51 heavy (non-hydrogen) atoms. The van der Waals surface area contributed by atoms with Crippen LogP contribution in [0.1, 0.15) is 115 Å². The molecule has 0 aromatic heterocycles. The summed E-state index contributed by atoms with van der Waals surface area (Å²) in [5.41, 5.74) is -0.00263. The van der Waals surface area contributed by atoms with Crippen LogP contribution in [0.15, 0.2) is 33.0 Å². The van der Waals surface area contributed by atoms with Gasteiger partial charge in [-0.25, -0.2) is 0 Å². The number of aliphatic hydroxyl groups is 1. The van der Waals surface area contributed by atoms with Crippen molar-refractivity contribution >= 4 is 34.7 Å². The first-order valence-electron chi connectivity index (χ1n) is 17.1. The zero-order valence-electron chi connectivity index (χ0n) is 32.6. The predicted molar refractivity (Wildman–Crippen MR) is 201 cm³/mol. The van der Waals surface area contributed by atoms with E-state index >= 15 is 0 Å². The van der Waals surface area contributed by atoms with Crippen molar-refractivity contribution in [3.05, 3.63) is 12.3 Å². The van der Waals surface area contributed by atoms with Crippen LogP contribution in [0.3, 0.4) is 0 Å². The Hall–Kier alpha value is -3.80.